The van der Waals surface area contributed by atoms with Crippen LogP contribution in [0.3, 0.4) is 0 Å². The van der Waals surface area contributed by atoms with E-state index in [0.29, 0.717) is 11.4 Å². The van der Waals surface area contributed by atoms with Crippen molar-refractivity contribution >= 4 is 5.97 Å². The largest absolute Gasteiger partial charge is 0.481 e. The molecule has 8 heteroatoms. The quantitative estimate of drug-likeness (QED) is 0.379. The number of aryl methyl sites for hydroxylation is 3. The average molecular weight is 480 g/mol. The number of hydrogen-bond donors (Lipinski definition) is 2. The Hall–Kier alpha value is -3.49. The standard InChI is InChI=1S/C27H33N3O5/c1-4-6-20-7-5-11-28-27(20)35-14-13-30(34)18-23-15-21(9-8-19(23)2)24(17-26(32)33)22-10-12-29(3)25(31)16-22/h5,7-12,15-16,24,34H,4,6,13-14,17-18H2,1-3H3,(H,32,33). The third kappa shape index (κ3) is 7.24. The summed E-state index contributed by atoms with van der Waals surface area (Å²) in [6.07, 6.45) is 5.06. The van der Waals surface area contributed by atoms with Gasteiger partial charge in [0.15, 0.2) is 0 Å². The molecule has 2 aromatic heterocycles. The minimum absolute atomic E-state index is 0.142. The van der Waals surface area contributed by atoms with Crippen molar-refractivity contribution in [1.82, 2.24) is 14.6 Å². The number of carboxylic acid groups (broad SMARTS) is 1. The molecule has 8 nitrogen and oxygen atoms in total. The van der Waals surface area contributed by atoms with E-state index in [9.17, 15) is 19.9 Å². The first-order valence-corrected chi connectivity index (χ1v) is 11.8. The zero-order chi connectivity index (χ0) is 25.4. The van der Waals surface area contributed by atoms with Crippen molar-refractivity contribution in [2.45, 2.75) is 45.6 Å². The Kier molecular flexibility index (Phi) is 9.17. The molecule has 0 fully saturated rings. The third-order valence-corrected chi connectivity index (χ3v) is 6.00. The van der Waals surface area contributed by atoms with Crippen LogP contribution >= 0.6 is 0 Å². The monoisotopic (exact) mass is 479 g/mol. The van der Waals surface area contributed by atoms with Gasteiger partial charge < -0.3 is 19.6 Å². The normalized spacial score (nSPS) is 12.0. The lowest BCUT2D eigenvalue weighted by molar-refractivity contribution is -0.137. The number of pyridine rings is 2. The first kappa shape index (κ1) is 26.1. The number of hydroxylamine groups is 2. The summed E-state index contributed by atoms with van der Waals surface area (Å²) in [6, 6.07) is 12.8. The van der Waals surface area contributed by atoms with Gasteiger partial charge in [-0.25, -0.2) is 4.98 Å². The summed E-state index contributed by atoms with van der Waals surface area (Å²) in [6.45, 7) is 4.85. The second kappa shape index (κ2) is 12.3. The molecule has 3 aromatic rings. The summed E-state index contributed by atoms with van der Waals surface area (Å²) in [4.78, 5) is 28.0. The van der Waals surface area contributed by atoms with Crippen LogP contribution in [0.1, 0.15) is 53.5 Å². The van der Waals surface area contributed by atoms with Gasteiger partial charge in [-0.3, -0.25) is 9.59 Å². The van der Waals surface area contributed by atoms with Gasteiger partial charge in [-0.2, -0.15) is 5.06 Å². The number of nitrogens with zero attached hydrogens (tertiary/aromatic N) is 3. The number of aromatic nitrogens is 2. The summed E-state index contributed by atoms with van der Waals surface area (Å²) in [5, 5.41) is 21.2. The van der Waals surface area contributed by atoms with Gasteiger partial charge >= 0.3 is 5.97 Å². The lowest BCUT2D eigenvalue weighted by atomic mass is 9.87. The average Bonchev–Trinajstić information content (AvgIpc) is 2.82. The molecule has 35 heavy (non-hydrogen) atoms. The number of carbonyl (C=O) groups is 1. The molecule has 1 unspecified atom stereocenters. The van der Waals surface area contributed by atoms with Crippen LogP contribution < -0.4 is 10.3 Å². The predicted octanol–water partition coefficient (Wildman–Crippen LogP) is 3.92. The Morgan fingerprint density at radius 1 is 1.17 bits per heavy atom. The number of rotatable bonds is 12. The van der Waals surface area contributed by atoms with E-state index in [1.54, 1.807) is 25.5 Å². The van der Waals surface area contributed by atoms with E-state index in [1.807, 2.05) is 37.3 Å². The molecular weight excluding hydrogens is 446 g/mol. The first-order valence-electron chi connectivity index (χ1n) is 11.8. The number of ether oxygens (including phenoxy) is 1. The Labute approximate surface area is 205 Å². The molecule has 0 saturated heterocycles. The molecule has 0 saturated carbocycles. The van der Waals surface area contributed by atoms with Crippen LogP contribution in [0.4, 0.5) is 0 Å². The van der Waals surface area contributed by atoms with Gasteiger partial charge in [0, 0.05) is 43.5 Å². The topological polar surface area (TPSA) is 105 Å². The Morgan fingerprint density at radius 3 is 2.66 bits per heavy atom. The van der Waals surface area contributed by atoms with Gasteiger partial charge in [0.2, 0.25) is 5.88 Å². The van der Waals surface area contributed by atoms with Gasteiger partial charge in [0.1, 0.15) is 6.61 Å². The van der Waals surface area contributed by atoms with Gasteiger partial charge in [-0.05, 0) is 47.7 Å². The lowest BCUT2D eigenvalue weighted by Crippen LogP contribution is -2.25. The molecule has 1 atom stereocenters. The molecule has 1 aromatic carbocycles. The maximum absolute atomic E-state index is 12.1. The lowest BCUT2D eigenvalue weighted by Gasteiger charge is -2.21. The molecule has 2 heterocycles. The van der Waals surface area contributed by atoms with E-state index in [0.717, 1.165) is 35.1 Å². The van der Waals surface area contributed by atoms with Crippen molar-refractivity contribution in [3.63, 3.8) is 0 Å². The molecule has 2 N–H and O–H groups in total. The third-order valence-electron chi connectivity index (χ3n) is 6.00. The van der Waals surface area contributed by atoms with Crippen molar-refractivity contribution in [1.29, 1.82) is 0 Å². The highest BCUT2D eigenvalue weighted by molar-refractivity contribution is 5.69. The summed E-state index contributed by atoms with van der Waals surface area (Å²) in [7, 11) is 1.65. The highest BCUT2D eigenvalue weighted by Gasteiger charge is 2.20. The Morgan fingerprint density at radius 2 is 1.94 bits per heavy atom. The van der Waals surface area contributed by atoms with Crippen LogP contribution in [0.15, 0.2) is 59.7 Å². The van der Waals surface area contributed by atoms with Crippen LogP contribution in [0.2, 0.25) is 0 Å². The maximum atomic E-state index is 12.1. The van der Waals surface area contributed by atoms with Crippen LogP contribution in [0, 0.1) is 6.92 Å². The second-order valence-electron chi connectivity index (χ2n) is 8.70. The number of aliphatic carboxylic acids is 1. The van der Waals surface area contributed by atoms with E-state index >= 15 is 0 Å². The molecule has 0 aliphatic heterocycles. The number of hydrogen-bond acceptors (Lipinski definition) is 6. The van der Waals surface area contributed by atoms with Gasteiger partial charge in [0.05, 0.1) is 13.0 Å². The first-order chi connectivity index (χ1) is 16.8. The van der Waals surface area contributed by atoms with Crippen molar-refractivity contribution < 1.29 is 19.8 Å². The van der Waals surface area contributed by atoms with Crippen LogP contribution in [0.5, 0.6) is 5.88 Å². The maximum Gasteiger partial charge on any atom is 0.304 e. The molecule has 186 valence electrons. The second-order valence-corrected chi connectivity index (χ2v) is 8.70. The summed E-state index contributed by atoms with van der Waals surface area (Å²) >= 11 is 0. The van der Waals surface area contributed by atoms with Crippen LogP contribution in [-0.4, -0.2) is 44.0 Å². The molecule has 0 bridgehead atoms. The van der Waals surface area contributed by atoms with E-state index in [1.165, 1.54) is 15.7 Å². The fraction of sp³-hybridized carbons (Fsp3) is 0.370. The van der Waals surface area contributed by atoms with Crippen LogP contribution in [0.25, 0.3) is 0 Å². The summed E-state index contributed by atoms with van der Waals surface area (Å²) in [5.41, 5.74) is 4.13. The molecule has 0 aliphatic rings. The minimum Gasteiger partial charge on any atom is -0.481 e. The predicted molar refractivity (Wildman–Crippen MR) is 133 cm³/mol. The van der Waals surface area contributed by atoms with E-state index < -0.39 is 11.9 Å². The minimum atomic E-state index is -0.948. The Bertz CT molecular complexity index is 1210. The molecule has 3 rings (SSSR count). The molecular formula is C27H33N3O5. The molecule has 0 radical (unpaired) electrons. The van der Waals surface area contributed by atoms with E-state index in [4.69, 9.17) is 4.74 Å². The van der Waals surface area contributed by atoms with Crippen molar-refractivity contribution in [2.75, 3.05) is 13.2 Å². The van der Waals surface area contributed by atoms with E-state index in [2.05, 4.69) is 11.9 Å². The highest BCUT2D eigenvalue weighted by Crippen LogP contribution is 2.29. The fourth-order valence-electron chi connectivity index (χ4n) is 4.00. The molecule has 0 aliphatic carbocycles. The van der Waals surface area contributed by atoms with Gasteiger partial charge in [-0.1, -0.05) is 37.6 Å². The smallest absolute Gasteiger partial charge is 0.304 e. The SMILES string of the molecule is CCCc1cccnc1OCCN(O)Cc1cc(C(CC(=O)O)c2ccn(C)c(=O)c2)ccc1C. The summed E-state index contributed by atoms with van der Waals surface area (Å²) in [5.74, 6) is -0.834. The van der Waals surface area contributed by atoms with Gasteiger partial charge in [-0.15, -0.1) is 0 Å². The Balaban J connectivity index is 1.72. The molecule has 0 spiro atoms. The van der Waals surface area contributed by atoms with Crippen LogP contribution in [-0.2, 0) is 24.8 Å². The number of carboxylic acids is 1. The zero-order valence-corrected chi connectivity index (χ0v) is 20.5. The molecule has 0 amide bonds. The zero-order valence-electron chi connectivity index (χ0n) is 20.5. The fourth-order valence-corrected chi connectivity index (χ4v) is 4.00. The van der Waals surface area contributed by atoms with Crippen molar-refractivity contribution in [3.8, 4) is 5.88 Å². The summed E-state index contributed by atoms with van der Waals surface area (Å²) < 4.78 is 7.25. The highest BCUT2D eigenvalue weighted by atomic mass is 16.5. The number of benzene rings is 1. The van der Waals surface area contributed by atoms with Gasteiger partial charge in [0.25, 0.3) is 5.56 Å². The van der Waals surface area contributed by atoms with Crippen molar-refractivity contribution in [3.05, 3.63) is 93.0 Å². The van der Waals surface area contributed by atoms with Crippen molar-refractivity contribution in [2.24, 2.45) is 7.05 Å². The van der Waals surface area contributed by atoms with E-state index in [-0.39, 0.29) is 31.7 Å².